The second kappa shape index (κ2) is 8.05. The molecule has 1 amide bonds. The average Bonchev–Trinajstić information content (AvgIpc) is 2.97. The van der Waals surface area contributed by atoms with Crippen molar-refractivity contribution in [1.29, 1.82) is 0 Å². The second-order valence-corrected chi connectivity index (χ2v) is 8.46. The van der Waals surface area contributed by atoms with Crippen LogP contribution < -0.4 is 5.32 Å². The maximum Gasteiger partial charge on any atom is 0.237 e. The number of likely N-dealkylation sites (tertiary alicyclic amines) is 2. The highest BCUT2D eigenvalue weighted by molar-refractivity contribution is 5.82. The SMILES string of the molecule is CCCN1CC2(CCN(C)CC2)C[C@H]1C(=O)NCc1cnc(C)c(C)c1. The lowest BCUT2D eigenvalue weighted by atomic mass is 9.76. The molecule has 2 aliphatic heterocycles. The van der Waals surface area contributed by atoms with Gasteiger partial charge in [0.1, 0.15) is 0 Å². The summed E-state index contributed by atoms with van der Waals surface area (Å²) in [5, 5.41) is 3.18. The molecule has 0 bridgehead atoms. The van der Waals surface area contributed by atoms with Gasteiger partial charge in [0, 0.05) is 25.0 Å². The van der Waals surface area contributed by atoms with Crippen LogP contribution in [0.15, 0.2) is 12.3 Å². The molecule has 0 aromatic carbocycles. The second-order valence-electron chi connectivity index (χ2n) is 8.46. The molecule has 144 valence electrons. The van der Waals surface area contributed by atoms with Crippen molar-refractivity contribution in [3.8, 4) is 0 Å². The van der Waals surface area contributed by atoms with Gasteiger partial charge in [-0.05, 0) is 82.8 Å². The van der Waals surface area contributed by atoms with Crippen LogP contribution in [-0.2, 0) is 11.3 Å². The Hall–Kier alpha value is -1.46. The van der Waals surface area contributed by atoms with Crippen molar-refractivity contribution in [2.45, 2.75) is 59.0 Å². The van der Waals surface area contributed by atoms with E-state index < -0.39 is 0 Å². The van der Waals surface area contributed by atoms with Crippen LogP contribution in [-0.4, -0.2) is 60.0 Å². The van der Waals surface area contributed by atoms with Crippen LogP contribution >= 0.6 is 0 Å². The molecule has 1 aromatic rings. The first-order chi connectivity index (χ1) is 12.4. The number of carbonyl (C=O) groups excluding carboxylic acids is 1. The summed E-state index contributed by atoms with van der Waals surface area (Å²) >= 11 is 0. The van der Waals surface area contributed by atoms with Gasteiger partial charge >= 0.3 is 0 Å². The number of nitrogens with one attached hydrogen (secondary N) is 1. The van der Waals surface area contributed by atoms with E-state index in [0.29, 0.717) is 12.0 Å². The van der Waals surface area contributed by atoms with E-state index in [1.807, 2.05) is 13.1 Å². The first-order valence-corrected chi connectivity index (χ1v) is 10.0. The molecule has 2 aliphatic rings. The number of piperidine rings is 1. The Labute approximate surface area is 158 Å². The van der Waals surface area contributed by atoms with Crippen LogP contribution in [0.2, 0.25) is 0 Å². The van der Waals surface area contributed by atoms with Crippen LogP contribution in [0, 0.1) is 19.3 Å². The Morgan fingerprint density at radius 1 is 1.35 bits per heavy atom. The highest BCUT2D eigenvalue weighted by Gasteiger charge is 2.47. The fourth-order valence-electron chi connectivity index (χ4n) is 4.49. The lowest BCUT2D eigenvalue weighted by Crippen LogP contribution is -2.43. The molecule has 2 saturated heterocycles. The molecule has 26 heavy (non-hydrogen) atoms. The largest absolute Gasteiger partial charge is 0.351 e. The Kier molecular flexibility index (Phi) is 5.98. The number of rotatable bonds is 5. The molecular weight excluding hydrogens is 324 g/mol. The lowest BCUT2D eigenvalue weighted by Gasteiger charge is -2.37. The van der Waals surface area contributed by atoms with Gasteiger partial charge in [0.05, 0.1) is 6.04 Å². The minimum atomic E-state index is 0.0258. The maximum atomic E-state index is 13.0. The van der Waals surface area contributed by atoms with Crippen LogP contribution in [0.1, 0.15) is 49.4 Å². The molecule has 0 saturated carbocycles. The van der Waals surface area contributed by atoms with Gasteiger partial charge in [-0.15, -0.1) is 0 Å². The third kappa shape index (κ3) is 4.26. The highest BCUT2D eigenvalue weighted by atomic mass is 16.2. The van der Waals surface area contributed by atoms with E-state index in [-0.39, 0.29) is 11.9 Å². The van der Waals surface area contributed by atoms with Gasteiger partial charge in [0.15, 0.2) is 0 Å². The van der Waals surface area contributed by atoms with Crippen molar-refractivity contribution in [1.82, 2.24) is 20.1 Å². The molecular formula is C21H34N4O. The Morgan fingerprint density at radius 3 is 2.73 bits per heavy atom. The van der Waals surface area contributed by atoms with Gasteiger partial charge in [-0.3, -0.25) is 14.7 Å². The summed E-state index contributed by atoms with van der Waals surface area (Å²) in [7, 11) is 2.20. The standard InChI is InChI=1S/C21H34N4O/c1-5-8-25-15-21(6-9-24(4)10-7-21)12-19(25)20(26)23-14-18-11-16(2)17(3)22-13-18/h11,13,19H,5-10,12,14-15H2,1-4H3,(H,23,26)/t19-/m0/s1. The predicted octanol–water partition coefficient (Wildman–Crippen LogP) is 2.51. The Balaban J connectivity index is 1.63. The molecule has 5 heteroatoms. The first-order valence-electron chi connectivity index (χ1n) is 10.0. The average molecular weight is 359 g/mol. The summed E-state index contributed by atoms with van der Waals surface area (Å²) in [6.07, 6.45) is 6.42. The van der Waals surface area contributed by atoms with Crippen molar-refractivity contribution >= 4 is 5.91 Å². The molecule has 1 N–H and O–H groups in total. The molecule has 1 atom stereocenters. The van der Waals surface area contributed by atoms with Gasteiger partial charge in [0.2, 0.25) is 5.91 Å². The van der Waals surface area contributed by atoms with Crippen LogP contribution in [0.5, 0.6) is 0 Å². The van der Waals surface area contributed by atoms with Crippen molar-refractivity contribution in [3.05, 3.63) is 29.1 Å². The zero-order valence-corrected chi connectivity index (χ0v) is 16.8. The van der Waals surface area contributed by atoms with Crippen molar-refractivity contribution in [3.63, 3.8) is 0 Å². The van der Waals surface area contributed by atoms with E-state index in [0.717, 1.165) is 50.3 Å². The molecule has 5 nitrogen and oxygen atoms in total. The normalized spacial score (nSPS) is 23.5. The number of aromatic nitrogens is 1. The van der Waals surface area contributed by atoms with E-state index >= 15 is 0 Å². The zero-order chi connectivity index (χ0) is 18.7. The van der Waals surface area contributed by atoms with E-state index in [4.69, 9.17) is 0 Å². The van der Waals surface area contributed by atoms with Crippen LogP contribution in [0.4, 0.5) is 0 Å². The maximum absolute atomic E-state index is 13.0. The fourth-order valence-corrected chi connectivity index (χ4v) is 4.49. The highest BCUT2D eigenvalue weighted by Crippen LogP contribution is 2.43. The first kappa shape index (κ1) is 19.3. The number of amides is 1. The number of carbonyl (C=O) groups is 1. The molecule has 1 aromatic heterocycles. The summed E-state index contributed by atoms with van der Waals surface area (Å²) in [5.74, 6) is 0.187. The quantitative estimate of drug-likeness (QED) is 0.879. The van der Waals surface area contributed by atoms with Crippen molar-refractivity contribution < 1.29 is 4.79 Å². The monoisotopic (exact) mass is 358 g/mol. The third-order valence-corrected chi connectivity index (χ3v) is 6.33. The summed E-state index contributed by atoms with van der Waals surface area (Å²) in [5.41, 5.74) is 3.64. The molecule has 0 aliphatic carbocycles. The van der Waals surface area contributed by atoms with E-state index in [1.165, 1.54) is 18.4 Å². The summed E-state index contributed by atoms with van der Waals surface area (Å²) in [6, 6.07) is 2.15. The molecule has 3 heterocycles. The predicted molar refractivity (Wildman–Crippen MR) is 105 cm³/mol. The van der Waals surface area contributed by atoms with Gasteiger partial charge in [-0.1, -0.05) is 13.0 Å². The third-order valence-electron chi connectivity index (χ3n) is 6.33. The number of aryl methyl sites for hydroxylation is 2. The molecule has 3 rings (SSSR count). The van der Waals surface area contributed by atoms with Crippen LogP contribution in [0.3, 0.4) is 0 Å². The number of hydrogen-bond donors (Lipinski definition) is 1. The molecule has 1 spiro atoms. The van der Waals surface area contributed by atoms with E-state index in [9.17, 15) is 4.79 Å². The number of pyridine rings is 1. The number of hydrogen-bond acceptors (Lipinski definition) is 4. The van der Waals surface area contributed by atoms with Gasteiger partial charge in [-0.2, -0.15) is 0 Å². The van der Waals surface area contributed by atoms with Crippen molar-refractivity contribution in [2.75, 3.05) is 33.2 Å². The molecule has 0 radical (unpaired) electrons. The van der Waals surface area contributed by atoms with Crippen LogP contribution in [0.25, 0.3) is 0 Å². The topological polar surface area (TPSA) is 48.5 Å². The summed E-state index contributed by atoms with van der Waals surface area (Å²) < 4.78 is 0. The van der Waals surface area contributed by atoms with E-state index in [1.54, 1.807) is 0 Å². The smallest absolute Gasteiger partial charge is 0.237 e. The van der Waals surface area contributed by atoms with E-state index in [2.05, 4.69) is 47.1 Å². The Morgan fingerprint density at radius 2 is 2.08 bits per heavy atom. The van der Waals surface area contributed by atoms with Crippen molar-refractivity contribution in [2.24, 2.45) is 5.41 Å². The minimum absolute atomic E-state index is 0.0258. The molecule has 2 fully saturated rings. The molecule has 0 unspecified atom stereocenters. The fraction of sp³-hybridized carbons (Fsp3) is 0.714. The summed E-state index contributed by atoms with van der Waals surface area (Å²) in [4.78, 5) is 22.2. The lowest BCUT2D eigenvalue weighted by molar-refractivity contribution is -0.125. The number of nitrogens with zero attached hydrogens (tertiary/aromatic N) is 3. The Bertz CT molecular complexity index is 637. The summed E-state index contributed by atoms with van der Waals surface area (Å²) in [6.45, 7) is 11.3. The zero-order valence-electron chi connectivity index (χ0n) is 16.8. The minimum Gasteiger partial charge on any atom is -0.351 e. The van der Waals surface area contributed by atoms with Gasteiger partial charge in [0.25, 0.3) is 0 Å². The van der Waals surface area contributed by atoms with Gasteiger partial charge in [-0.25, -0.2) is 0 Å². The van der Waals surface area contributed by atoms with Gasteiger partial charge < -0.3 is 10.2 Å².